The lowest BCUT2D eigenvalue weighted by molar-refractivity contribution is -0.0511. The molecule has 6 N–H and O–H groups in total. The van der Waals surface area contributed by atoms with E-state index in [1.54, 1.807) is 0 Å². The number of ether oxygens (including phenoxy) is 1. The summed E-state index contributed by atoms with van der Waals surface area (Å²) in [5.74, 6) is 0.356. The molecule has 3 heterocycles. The smallest absolute Gasteiger partial charge is 0.225 e. The molecule has 4 atom stereocenters. The van der Waals surface area contributed by atoms with E-state index in [0.717, 1.165) is 6.42 Å². The van der Waals surface area contributed by atoms with Crippen LogP contribution in [0.25, 0.3) is 11.2 Å². The molecule has 0 saturated carbocycles. The number of aliphatic hydroxyl groups is 3. The fraction of sp³-hybridized carbons (Fsp3) is 0.615. The standard InChI is InChI=1S/C13H20N6O4S/c14-2-1-3-15-13-17-10-7(11(24)18-13)16-5-19(10)12-9(22)8(21)6(4-20)23-12/h5-6,8-9,12,20-22H,1-4,14H2,(H2,15,17,18,24)/t6-,8?,9+,12-/m1/s1. The number of nitrogens with one attached hydrogen (secondary N) is 1. The van der Waals surface area contributed by atoms with Crippen molar-refractivity contribution in [1.82, 2.24) is 19.5 Å². The van der Waals surface area contributed by atoms with Crippen LogP contribution in [-0.4, -0.2) is 72.8 Å². The van der Waals surface area contributed by atoms with Gasteiger partial charge in [0.25, 0.3) is 0 Å². The van der Waals surface area contributed by atoms with Gasteiger partial charge in [-0.3, -0.25) is 4.57 Å². The van der Waals surface area contributed by atoms with Crippen molar-refractivity contribution < 1.29 is 20.1 Å². The summed E-state index contributed by atoms with van der Waals surface area (Å²) in [6, 6.07) is 0. The van der Waals surface area contributed by atoms with E-state index in [1.807, 2.05) is 0 Å². The molecule has 2 aromatic rings. The molecule has 10 nitrogen and oxygen atoms in total. The Bertz CT molecular complexity index is 713. The van der Waals surface area contributed by atoms with Crippen LogP contribution in [0.4, 0.5) is 5.95 Å². The molecule has 1 fully saturated rings. The first kappa shape index (κ1) is 17.3. The van der Waals surface area contributed by atoms with Gasteiger partial charge in [0.05, 0.1) is 12.9 Å². The molecule has 0 aromatic carbocycles. The topological polar surface area (TPSA) is 152 Å². The molecule has 0 aliphatic carbocycles. The summed E-state index contributed by atoms with van der Waals surface area (Å²) in [4.78, 5) is 12.8. The van der Waals surface area contributed by atoms with Crippen molar-refractivity contribution in [2.75, 3.05) is 25.0 Å². The summed E-state index contributed by atoms with van der Waals surface area (Å²) in [5, 5.41) is 32.7. The summed E-state index contributed by atoms with van der Waals surface area (Å²) in [6.07, 6.45) is -2.01. The van der Waals surface area contributed by atoms with Crippen LogP contribution >= 0.6 is 12.6 Å². The van der Waals surface area contributed by atoms with Gasteiger partial charge in [0.2, 0.25) is 5.95 Å². The van der Waals surface area contributed by atoms with E-state index >= 15 is 0 Å². The Kier molecular flexibility index (Phi) is 5.18. The highest BCUT2D eigenvalue weighted by Crippen LogP contribution is 2.32. The van der Waals surface area contributed by atoms with E-state index in [9.17, 15) is 15.3 Å². The molecule has 11 heteroatoms. The molecule has 3 rings (SSSR count). The maximum Gasteiger partial charge on any atom is 0.225 e. The van der Waals surface area contributed by atoms with Crippen molar-refractivity contribution in [2.45, 2.75) is 36.0 Å². The number of thiol groups is 1. The first-order chi connectivity index (χ1) is 11.6. The van der Waals surface area contributed by atoms with Gasteiger partial charge in [0.1, 0.15) is 28.9 Å². The zero-order valence-corrected chi connectivity index (χ0v) is 13.7. The molecule has 2 aromatic heterocycles. The average Bonchev–Trinajstić information content (AvgIpc) is 3.10. The quantitative estimate of drug-likeness (QED) is 0.206. The summed E-state index contributed by atoms with van der Waals surface area (Å²) < 4.78 is 7.01. The summed E-state index contributed by atoms with van der Waals surface area (Å²) in [5.41, 5.74) is 6.31. The highest BCUT2D eigenvalue weighted by atomic mass is 32.1. The van der Waals surface area contributed by atoms with Crippen molar-refractivity contribution >= 4 is 29.7 Å². The Balaban J connectivity index is 1.94. The Morgan fingerprint density at radius 2 is 2.12 bits per heavy atom. The number of fused-ring (bicyclic) bond motifs is 1. The fourth-order valence-electron chi connectivity index (χ4n) is 2.58. The molecular formula is C13H20N6O4S. The minimum atomic E-state index is -1.22. The van der Waals surface area contributed by atoms with Crippen LogP contribution in [0.1, 0.15) is 12.6 Å². The third-order valence-corrected chi connectivity index (χ3v) is 4.17. The molecule has 24 heavy (non-hydrogen) atoms. The van der Waals surface area contributed by atoms with Gasteiger partial charge in [-0.2, -0.15) is 4.98 Å². The summed E-state index contributed by atoms with van der Waals surface area (Å²) in [6.45, 7) is 0.751. The van der Waals surface area contributed by atoms with E-state index in [4.69, 9.17) is 10.5 Å². The molecule has 1 aliphatic heterocycles. The minimum absolute atomic E-state index is 0.356. The van der Waals surface area contributed by atoms with Crippen LogP contribution < -0.4 is 11.1 Å². The van der Waals surface area contributed by atoms with Gasteiger partial charge in [0.15, 0.2) is 11.9 Å². The second kappa shape index (κ2) is 7.17. The van der Waals surface area contributed by atoms with Gasteiger partial charge in [-0.05, 0) is 13.0 Å². The first-order valence-electron chi connectivity index (χ1n) is 7.56. The number of hydrogen-bond acceptors (Lipinski definition) is 10. The lowest BCUT2D eigenvalue weighted by Gasteiger charge is -2.16. The second-order valence-corrected chi connectivity index (χ2v) is 5.92. The monoisotopic (exact) mass is 356 g/mol. The van der Waals surface area contributed by atoms with Crippen LogP contribution in [0.5, 0.6) is 0 Å². The highest BCUT2D eigenvalue weighted by molar-refractivity contribution is 7.80. The zero-order valence-electron chi connectivity index (χ0n) is 12.8. The summed E-state index contributed by atoms with van der Waals surface area (Å²) in [7, 11) is 0. The van der Waals surface area contributed by atoms with E-state index in [2.05, 4.69) is 32.9 Å². The summed E-state index contributed by atoms with van der Waals surface area (Å²) >= 11 is 4.31. The van der Waals surface area contributed by atoms with Crippen LogP contribution in [0.15, 0.2) is 11.4 Å². The highest BCUT2D eigenvalue weighted by Gasteiger charge is 2.44. The predicted octanol–water partition coefficient (Wildman–Crippen LogP) is -1.51. The molecular weight excluding hydrogens is 336 g/mol. The molecule has 0 amide bonds. The van der Waals surface area contributed by atoms with Crippen molar-refractivity contribution in [3.8, 4) is 0 Å². The van der Waals surface area contributed by atoms with E-state index < -0.39 is 31.1 Å². The van der Waals surface area contributed by atoms with Crippen LogP contribution in [0.2, 0.25) is 0 Å². The number of nitrogens with zero attached hydrogens (tertiary/aromatic N) is 4. The third-order valence-electron chi connectivity index (χ3n) is 3.86. The number of aromatic nitrogens is 4. The number of imidazole rings is 1. The molecule has 1 saturated heterocycles. The molecule has 132 valence electrons. The van der Waals surface area contributed by atoms with E-state index in [0.29, 0.717) is 35.2 Å². The van der Waals surface area contributed by atoms with Crippen LogP contribution in [0, 0.1) is 0 Å². The SMILES string of the molecule is NCCCNc1nc(S)c2ncn([C@@H]3O[C@H](CO)C(O)[C@@H]3O)c2n1. The number of hydrogen-bond donors (Lipinski definition) is 6. The van der Waals surface area contributed by atoms with E-state index in [1.165, 1.54) is 10.9 Å². The van der Waals surface area contributed by atoms with Crippen molar-refractivity contribution in [3.05, 3.63) is 6.33 Å². The van der Waals surface area contributed by atoms with Crippen molar-refractivity contribution in [2.24, 2.45) is 5.73 Å². The molecule has 0 bridgehead atoms. The minimum Gasteiger partial charge on any atom is -0.394 e. The average molecular weight is 356 g/mol. The Hall–Kier alpha value is -1.50. The first-order valence-corrected chi connectivity index (χ1v) is 8.01. The number of nitrogens with two attached hydrogens (primary N) is 1. The number of anilines is 1. The Morgan fingerprint density at radius 3 is 2.79 bits per heavy atom. The number of rotatable bonds is 6. The maximum absolute atomic E-state index is 10.2. The lowest BCUT2D eigenvalue weighted by atomic mass is 10.1. The molecule has 0 radical (unpaired) electrons. The Labute approximate surface area is 143 Å². The van der Waals surface area contributed by atoms with Gasteiger partial charge >= 0.3 is 0 Å². The van der Waals surface area contributed by atoms with Crippen molar-refractivity contribution in [3.63, 3.8) is 0 Å². The van der Waals surface area contributed by atoms with Gasteiger partial charge in [0, 0.05) is 6.54 Å². The number of aliphatic hydroxyl groups excluding tert-OH is 3. The van der Waals surface area contributed by atoms with Gasteiger partial charge in [-0.1, -0.05) is 0 Å². The van der Waals surface area contributed by atoms with Gasteiger partial charge < -0.3 is 31.1 Å². The molecule has 0 spiro atoms. The van der Waals surface area contributed by atoms with Gasteiger partial charge in [-0.15, -0.1) is 12.6 Å². The largest absolute Gasteiger partial charge is 0.394 e. The Morgan fingerprint density at radius 1 is 1.33 bits per heavy atom. The normalized spacial score (nSPS) is 27.0. The third kappa shape index (κ3) is 3.06. The second-order valence-electron chi connectivity index (χ2n) is 5.49. The maximum atomic E-state index is 10.2. The zero-order chi connectivity index (χ0) is 17.3. The predicted molar refractivity (Wildman–Crippen MR) is 87.7 cm³/mol. The fourth-order valence-corrected chi connectivity index (χ4v) is 2.83. The lowest BCUT2D eigenvalue weighted by Crippen LogP contribution is -2.33. The van der Waals surface area contributed by atoms with Crippen LogP contribution in [-0.2, 0) is 4.74 Å². The van der Waals surface area contributed by atoms with Gasteiger partial charge in [-0.25, -0.2) is 9.97 Å². The molecule has 1 unspecified atom stereocenters. The van der Waals surface area contributed by atoms with E-state index in [-0.39, 0.29) is 0 Å². The molecule has 1 aliphatic rings. The van der Waals surface area contributed by atoms with Crippen molar-refractivity contribution in [1.29, 1.82) is 0 Å². The van der Waals surface area contributed by atoms with Crippen LogP contribution in [0.3, 0.4) is 0 Å².